The molecule has 22 heavy (non-hydrogen) atoms. The summed E-state index contributed by atoms with van der Waals surface area (Å²) in [6.07, 6.45) is 2.25. The number of hydrogen-bond donors (Lipinski definition) is 0. The lowest BCUT2D eigenvalue weighted by Crippen LogP contribution is -2.14. The Kier molecular flexibility index (Phi) is 3.10. The van der Waals surface area contributed by atoms with Gasteiger partial charge in [0.15, 0.2) is 11.1 Å². The Hall–Kier alpha value is -2.04. The highest BCUT2D eigenvalue weighted by molar-refractivity contribution is 6.42. The number of halogens is 2. The molecule has 0 fully saturated rings. The maximum atomic E-state index is 12.5. The molecule has 0 radical (unpaired) electrons. The molecule has 6 heteroatoms. The average molecular weight is 333 g/mol. The van der Waals surface area contributed by atoms with Crippen molar-refractivity contribution in [2.45, 2.75) is 6.42 Å². The molecule has 0 bridgehead atoms. The number of benzene rings is 1. The van der Waals surface area contributed by atoms with Gasteiger partial charge in [-0.1, -0.05) is 23.2 Å². The third-order valence-electron chi connectivity index (χ3n) is 3.73. The van der Waals surface area contributed by atoms with Gasteiger partial charge in [-0.15, -0.1) is 0 Å². The zero-order valence-electron chi connectivity index (χ0n) is 11.3. The molecule has 2 aromatic heterocycles. The van der Waals surface area contributed by atoms with E-state index in [4.69, 9.17) is 27.9 Å². The van der Waals surface area contributed by atoms with Gasteiger partial charge in [0.1, 0.15) is 0 Å². The lowest BCUT2D eigenvalue weighted by molar-refractivity contribution is 0.338. The van der Waals surface area contributed by atoms with Crippen LogP contribution in [-0.2, 0) is 6.42 Å². The summed E-state index contributed by atoms with van der Waals surface area (Å²) in [7, 11) is 0. The van der Waals surface area contributed by atoms with Gasteiger partial charge in [-0.3, -0.25) is 9.36 Å². The third-order valence-corrected chi connectivity index (χ3v) is 4.47. The smallest absolute Gasteiger partial charge is 0.207 e. The van der Waals surface area contributed by atoms with E-state index in [-0.39, 0.29) is 5.43 Å². The lowest BCUT2D eigenvalue weighted by atomic mass is 10.1. The van der Waals surface area contributed by atoms with Crippen LogP contribution < -0.4 is 10.2 Å². The standard InChI is InChI=1S/C16H10Cl2N2O2/c17-12-4-3-9(8-13(12)18)20-15-10(2-1-6-19-15)14(21)11-5-7-22-16(11)20/h1-4,6,8H,5,7H2. The van der Waals surface area contributed by atoms with Crippen LogP contribution in [-0.4, -0.2) is 16.2 Å². The quantitative estimate of drug-likeness (QED) is 0.683. The first-order chi connectivity index (χ1) is 10.7. The highest BCUT2D eigenvalue weighted by atomic mass is 35.5. The molecule has 0 amide bonds. The summed E-state index contributed by atoms with van der Waals surface area (Å²) >= 11 is 12.1. The van der Waals surface area contributed by atoms with Crippen molar-refractivity contribution >= 4 is 34.2 Å². The number of nitrogens with zero attached hydrogens (tertiary/aromatic N) is 2. The molecule has 0 aliphatic carbocycles. The van der Waals surface area contributed by atoms with Gasteiger partial charge >= 0.3 is 0 Å². The van der Waals surface area contributed by atoms with E-state index in [1.54, 1.807) is 30.5 Å². The van der Waals surface area contributed by atoms with Crippen LogP contribution in [0, 0.1) is 0 Å². The monoisotopic (exact) mass is 332 g/mol. The van der Waals surface area contributed by atoms with Crippen LogP contribution in [0.3, 0.4) is 0 Å². The molecule has 4 rings (SSSR count). The second-order valence-corrected chi connectivity index (χ2v) is 5.83. The van der Waals surface area contributed by atoms with Crippen LogP contribution >= 0.6 is 23.2 Å². The summed E-state index contributed by atoms with van der Waals surface area (Å²) in [6, 6.07) is 8.81. The number of hydrogen-bond acceptors (Lipinski definition) is 3. The van der Waals surface area contributed by atoms with Gasteiger partial charge in [0.25, 0.3) is 0 Å². The van der Waals surface area contributed by atoms with Crippen molar-refractivity contribution in [2.75, 3.05) is 6.61 Å². The summed E-state index contributed by atoms with van der Waals surface area (Å²) in [6.45, 7) is 0.488. The number of fused-ring (bicyclic) bond motifs is 2. The minimum absolute atomic E-state index is 0.0214. The van der Waals surface area contributed by atoms with Gasteiger partial charge < -0.3 is 4.74 Å². The summed E-state index contributed by atoms with van der Waals surface area (Å²) in [5, 5.41) is 1.48. The molecular formula is C16H10Cl2N2O2. The molecule has 1 aliphatic rings. The summed E-state index contributed by atoms with van der Waals surface area (Å²) in [5.41, 5.74) is 1.96. The van der Waals surface area contributed by atoms with Crippen LogP contribution in [0.15, 0.2) is 41.3 Å². The lowest BCUT2D eigenvalue weighted by Gasteiger charge is -2.15. The molecule has 1 aromatic carbocycles. The Morgan fingerprint density at radius 3 is 2.86 bits per heavy atom. The predicted octanol–water partition coefficient (Wildman–Crippen LogP) is 3.63. The zero-order valence-corrected chi connectivity index (χ0v) is 12.9. The Bertz CT molecular complexity index is 966. The molecule has 4 nitrogen and oxygen atoms in total. The molecule has 0 N–H and O–H groups in total. The van der Waals surface area contributed by atoms with Crippen molar-refractivity contribution in [3.63, 3.8) is 0 Å². The molecule has 0 atom stereocenters. The van der Waals surface area contributed by atoms with E-state index in [1.807, 2.05) is 10.6 Å². The van der Waals surface area contributed by atoms with Crippen molar-refractivity contribution in [1.82, 2.24) is 9.55 Å². The van der Waals surface area contributed by atoms with Crippen LogP contribution in [0.4, 0.5) is 0 Å². The fourth-order valence-corrected chi connectivity index (χ4v) is 3.02. The van der Waals surface area contributed by atoms with Crippen molar-refractivity contribution in [3.8, 4) is 11.6 Å². The van der Waals surface area contributed by atoms with E-state index in [0.717, 1.165) is 5.69 Å². The van der Waals surface area contributed by atoms with Crippen molar-refractivity contribution in [1.29, 1.82) is 0 Å². The van der Waals surface area contributed by atoms with Gasteiger partial charge in [0, 0.05) is 12.6 Å². The van der Waals surface area contributed by atoms with E-state index in [1.165, 1.54) is 0 Å². The van der Waals surface area contributed by atoms with Crippen LogP contribution in [0.25, 0.3) is 16.7 Å². The minimum atomic E-state index is -0.0214. The van der Waals surface area contributed by atoms with E-state index < -0.39 is 0 Å². The Balaban J connectivity index is 2.15. The third kappa shape index (κ3) is 1.91. The Morgan fingerprint density at radius 2 is 2.05 bits per heavy atom. The largest absolute Gasteiger partial charge is 0.478 e. The van der Waals surface area contributed by atoms with Crippen LogP contribution in [0.2, 0.25) is 10.0 Å². The van der Waals surface area contributed by atoms with Crippen LogP contribution in [0.5, 0.6) is 5.88 Å². The molecular weight excluding hydrogens is 323 g/mol. The fraction of sp³-hybridized carbons (Fsp3) is 0.125. The van der Waals surface area contributed by atoms with Gasteiger partial charge in [0.2, 0.25) is 5.88 Å². The zero-order chi connectivity index (χ0) is 15.3. The number of aromatic nitrogens is 2. The van der Waals surface area contributed by atoms with Gasteiger partial charge in [-0.2, -0.15) is 0 Å². The Morgan fingerprint density at radius 1 is 1.18 bits per heavy atom. The molecule has 0 saturated carbocycles. The molecule has 110 valence electrons. The number of pyridine rings is 2. The number of ether oxygens (including phenoxy) is 1. The summed E-state index contributed by atoms with van der Waals surface area (Å²) < 4.78 is 7.51. The van der Waals surface area contributed by atoms with Crippen molar-refractivity contribution in [3.05, 3.63) is 62.4 Å². The first kappa shape index (κ1) is 13.6. The normalized spacial score (nSPS) is 13.2. The highest BCUT2D eigenvalue weighted by Crippen LogP contribution is 2.32. The molecule has 3 aromatic rings. The van der Waals surface area contributed by atoms with E-state index in [2.05, 4.69) is 4.98 Å². The first-order valence-electron chi connectivity index (χ1n) is 6.77. The summed E-state index contributed by atoms with van der Waals surface area (Å²) in [4.78, 5) is 16.9. The molecule has 0 spiro atoms. The van der Waals surface area contributed by atoms with E-state index in [0.29, 0.717) is 45.5 Å². The van der Waals surface area contributed by atoms with Gasteiger partial charge in [0.05, 0.1) is 33.3 Å². The summed E-state index contributed by atoms with van der Waals surface area (Å²) in [5.74, 6) is 0.537. The molecule has 0 saturated heterocycles. The van der Waals surface area contributed by atoms with E-state index in [9.17, 15) is 4.79 Å². The highest BCUT2D eigenvalue weighted by Gasteiger charge is 2.24. The van der Waals surface area contributed by atoms with Crippen molar-refractivity contribution in [2.24, 2.45) is 0 Å². The SMILES string of the molecule is O=c1c2c(n(-c3ccc(Cl)c(Cl)c3)c3ncccc13)OCC2. The second kappa shape index (κ2) is 5.00. The van der Waals surface area contributed by atoms with Gasteiger partial charge in [-0.25, -0.2) is 4.98 Å². The van der Waals surface area contributed by atoms with Crippen molar-refractivity contribution < 1.29 is 4.74 Å². The first-order valence-corrected chi connectivity index (χ1v) is 7.53. The average Bonchev–Trinajstić information content (AvgIpc) is 3.00. The fourth-order valence-electron chi connectivity index (χ4n) is 2.73. The maximum absolute atomic E-state index is 12.5. The maximum Gasteiger partial charge on any atom is 0.207 e. The predicted molar refractivity (Wildman–Crippen MR) is 86.6 cm³/mol. The Labute approximate surface area is 135 Å². The van der Waals surface area contributed by atoms with Crippen LogP contribution in [0.1, 0.15) is 5.56 Å². The molecule has 1 aliphatic heterocycles. The minimum Gasteiger partial charge on any atom is -0.478 e. The molecule has 0 unspecified atom stereocenters. The van der Waals surface area contributed by atoms with E-state index >= 15 is 0 Å². The van der Waals surface area contributed by atoms with Gasteiger partial charge in [-0.05, 0) is 30.3 Å². The number of rotatable bonds is 1. The topological polar surface area (TPSA) is 44.1 Å². The molecule has 3 heterocycles. The second-order valence-electron chi connectivity index (χ2n) is 5.02.